The summed E-state index contributed by atoms with van der Waals surface area (Å²) in [6.07, 6.45) is 0.553. The lowest BCUT2D eigenvalue weighted by Crippen LogP contribution is -2.25. The maximum Gasteiger partial charge on any atom is 0.284 e. The molecule has 4 rings (SSSR count). The van der Waals surface area contributed by atoms with Gasteiger partial charge in [0.15, 0.2) is 0 Å². The summed E-state index contributed by atoms with van der Waals surface area (Å²) in [5.41, 5.74) is 1.31. The molecule has 0 radical (unpaired) electrons. The average molecular weight is 384 g/mol. The monoisotopic (exact) mass is 384 g/mol. The number of nitrogens with zero attached hydrogens (tertiary/aromatic N) is 2. The lowest BCUT2D eigenvalue weighted by Gasteiger charge is -2.19. The van der Waals surface area contributed by atoms with Crippen molar-refractivity contribution in [1.29, 1.82) is 0 Å². The second-order valence-corrected chi connectivity index (χ2v) is 7.72. The third-order valence-electron chi connectivity index (χ3n) is 4.24. The molecule has 0 spiro atoms. The van der Waals surface area contributed by atoms with Gasteiger partial charge in [-0.15, -0.1) is 22.7 Å². The fourth-order valence-corrected chi connectivity index (χ4v) is 4.43. The Hall–Kier alpha value is -2.64. The van der Waals surface area contributed by atoms with Crippen molar-refractivity contribution in [3.63, 3.8) is 0 Å². The molecule has 3 heterocycles. The van der Waals surface area contributed by atoms with E-state index in [0.29, 0.717) is 28.3 Å². The fourth-order valence-electron chi connectivity index (χ4n) is 2.96. The number of hydrogen-bond donors (Lipinski definition) is 1. The number of hydrogen-bond acceptors (Lipinski definition) is 6. The van der Waals surface area contributed by atoms with Crippen LogP contribution in [0.5, 0.6) is 11.5 Å². The summed E-state index contributed by atoms with van der Waals surface area (Å²) in [4.78, 5) is 14.6. The number of carbonyl (C=O) groups is 1. The molecule has 0 saturated carbocycles. The van der Waals surface area contributed by atoms with Gasteiger partial charge in [0.2, 0.25) is 0 Å². The highest BCUT2D eigenvalue weighted by atomic mass is 32.1. The fraction of sp³-hybridized carbons (Fsp3) is 0.158. The van der Waals surface area contributed by atoms with Gasteiger partial charge < -0.3 is 9.84 Å². The van der Waals surface area contributed by atoms with E-state index in [9.17, 15) is 9.90 Å². The molecule has 1 amide bonds. The zero-order valence-electron chi connectivity index (χ0n) is 14.0. The highest BCUT2D eigenvalue weighted by Gasteiger charge is 2.35. The first-order chi connectivity index (χ1) is 12.7. The van der Waals surface area contributed by atoms with E-state index in [2.05, 4.69) is 5.10 Å². The molecule has 2 aromatic heterocycles. The quantitative estimate of drug-likeness (QED) is 0.720. The maximum atomic E-state index is 12.9. The molecule has 5 nitrogen and oxygen atoms in total. The Morgan fingerprint density at radius 1 is 1.23 bits per heavy atom. The molecule has 7 heteroatoms. The van der Waals surface area contributed by atoms with Crippen LogP contribution in [0.25, 0.3) is 0 Å². The Labute approximate surface area is 158 Å². The van der Waals surface area contributed by atoms with E-state index in [0.717, 1.165) is 4.88 Å². The summed E-state index contributed by atoms with van der Waals surface area (Å²) >= 11 is 3.00. The van der Waals surface area contributed by atoms with Crippen LogP contribution in [0.1, 0.15) is 32.6 Å². The predicted octanol–water partition coefficient (Wildman–Crippen LogP) is 4.52. The Morgan fingerprint density at radius 3 is 2.69 bits per heavy atom. The number of ether oxygens (including phenoxy) is 1. The minimum atomic E-state index is -0.166. The summed E-state index contributed by atoms with van der Waals surface area (Å²) in [5.74, 6) is 0.547. The number of hydrazone groups is 1. The Bertz CT molecular complexity index is 949. The number of rotatable bonds is 4. The molecule has 3 aromatic rings. The van der Waals surface area contributed by atoms with Crippen LogP contribution in [-0.4, -0.2) is 28.8 Å². The van der Waals surface area contributed by atoms with Gasteiger partial charge >= 0.3 is 0 Å². The number of methoxy groups -OCH3 is 1. The average Bonchev–Trinajstić information content (AvgIpc) is 3.41. The standard InChI is InChI=1S/C19H16N2O3S2/c1-24-12-6-7-13(16(22)10-12)14-11-15(17-4-2-8-25-17)21(20-14)19(23)18-5-3-9-26-18/h2-10,15,22H,11H2,1H3. The van der Waals surface area contributed by atoms with Crippen LogP contribution in [-0.2, 0) is 0 Å². The van der Waals surface area contributed by atoms with Gasteiger partial charge in [-0.1, -0.05) is 12.1 Å². The molecule has 132 valence electrons. The number of benzene rings is 1. The van der Waals surface area contributed by atoms with Crippen molar-refractivity contribution < 1.29 is 14.6 Å². The molecular formula is C19H16N2O3S2. The van der Waals surface area contributed by atoms with Gasteiger partial charge in [-0.2, -0.15) is 5.10 Å². The van der Waals surface area contributed by atoms with Gasteiger partial charge in [0.05, 0.1) is 23.7 Å². The smallest absolute Gasteiger partial charge is 0.284 e. The van der Waals surface area contributed by atoms with E-state index in [-0.39, 0.29) is 17.7 Å². The molecule has 1 unspecified atom stereocenters. The van der Waals surface area contributed by atoms with Crippen molar-refractivity contribution in [2.75, 3.05) is 7.11 Å². The van der Waals surface area contributed by atoms with E-state index < -0.39 is 0 Å². The van der Waals surface area contributed by atoms with E-state index in [1.165, 1.54) is 16.3 Å². The molecular weight excluding hydrogens is 368 g/mol. The summed E-state index contributed by atoms with van der Waals surface area (Å²) in [7, 11) is 1.55. The summed E-state index contributed by atoms with van der Waals surface area (Å²) in [6, 6.07) is 12.6. The van der Waals surface area contributed by atoms with Gasteiger partial charge in [0.1, 0.15) is 11.5 Å². The number of carbonyl (C=O) groups excluding carboxylic acids is 1. The number of amides is 1. The summed E-state index contributed by atoms with van der Waals surface area (Å²) in [6.45, 7) is 0. The Morgan fingerprint density at radius 2 is 2.04 bits per heavy atom. The Balaban J connectivity index is 1.72. The predicted molar refractivity (Wildman–Crippen MR) is 103 cm³/mol. The van der Waals surface area contributed by atoms with Gasteiger partial charge in [-0.3, -0.25) is 4.79 Å². The SMILES string of the molecule is COc1ccc(C2=NN(C(=O)c3cccs3)C(c3cccs3)C2)c(O)c1. The van der Waals surface area contributed by atoms with Crippen LogP contribution >= 0.6 is 22.7 Å². The minimum absolute atomic E-state index is 0.0958. The van der Waals surface area contributed by atoms with E-state index in [1.54, 1.807) is 42.7 Å². The topological polar surface area (TPSA) is 62.1 Å². The second kappa shape index (κ2) is 6.93. The third-order valence-corrected chi connectivity index (χ3v) is 6.07. The second-order valence-electron chi connectivity index (χ2n) is 5.79. The zero-order chi connectivity index (χ0) is 18.1. The molecule has 1 aliphatic heterocycles. The molecule has 26 heavy (non-hydrogen) atoms. The summed E-state index contributed by atoms with van der Waals surface area (Å²) < 4.78 is 5.14. The van der Waals surface area contributed by atoms with Crippen molar-refractivity contribution in [3.8, 4) is 11.5 Å². The number of aromatic hydroxyl groups is 1. The molecule has 0 bridgehead atoms. The van der Waals surface area contributed by atoms with Crippen molar-refractivity contribution in [2.24, 2.45) is 5.10 Å². The lowest BCUT2D eigenvalue weighted by atomic mass is 10.0. The minimum Gasteiger partial charge on any atom is -0.507 e. The highest BCUT2D eigenvalue weighted by Crippen LogP contribution is 2.38. The first kappa shape index (κ1) is 16.8. The summed E-state index contributed by atoms with van der Waals surface area (Å²) in [5, 5.41) is 20.3. The van der Waals surface area contributed by atoms with Gasteiger partial charge in [-0.05, 0) is 35.0 Å². The number of thiophene rings is 2. The molecule has 1 aromatic carbocycles. The molecule has 1 N–H and O–H groups in total. The van der Waals surface area contributed by atoms with Crippen LogP contribution in [0, 0.1) is 0 Å². The first-order valence-electron chi connectivity index (χ1n) is 8.02. The van der Waals surface area contributed by atoms with Crippen molar-refractivity contribution in [1.82, 2.24) is 5.01 Å². The van der Waals surface area contributed by atoms with Crippen LogP contribution in [0.15, 0.2) is 58.3 Å². The number of phenolic OH excluding ortho intramolecular Hbond substituents is 1. The lowest BCUT2D eigenvalue weighted by molar-refractivity contribution is 0.0719. The molecule has 0 saturated heterocycles. The van der Waals surface area contributed by atoms with E-state index >= 15 is 0 Å². The normalized spacial score (nSPS) is 16.6. The van der Waals surface area contributed by atoms with Crippen LogP contribution in [0.4, 0.5) is 0 Å². The van der Waals surface area contributed by atoms with E-state index in [1.807, 2.05) is 29.0 Å². The van der Waals surface area contributed by atoms with Crippen molar-refractivity contribution in [3.05, 3.63) is 68.5 Å². The first-order valence-corrected chi connectivity index (χ1v) is 9.78. The van der Waals surface area contributed by atoms with E-state index in [4.69, 9.17) is 4.74 Å². The molecule has 0 aliphatic carbocycles. The highest BCUT2D eigenvalue weighted by molar-refractivity contribution is 7.12. The van der Waals surface area contributed by atoms with Crippen LogP contribution in [0.2, 0.25) is 0 Å². The van der Waals surface area contributed by atoms with Gasteiger partial charge in [0.25, 0.3) is 5.91 Å². The molecule has 1 atom stereocenters. The van der Waals surface area contributed by atoms with Crippen molar-refractivity contribution >= 4 is 34.3 Å². The van der Waals surface area contributed by atoms with Crippen LogP contribution in [0.3, 0.4) is 0 Å². The third kappa shape index (κ3) is 3.00. The Kier molecular flexibility index (Phi) is 4.48. The molecule has 0 fully saturated rings. The van der Waals surface area contributed by atoms with Gasteiger partial charge in [0, 0.05) is 22.9 Å². The zero-order valence-corrected chi connectivity index (χ0v) is 15.6. The van der Waals surface area contributed by atoms with Crippen molar-refractivity contribution in [2.45, 2.75) is 12.5 Å². The molecule has 1 aliphatic rings. The van der Waals surface area contributed by atoms with Crippen LogP contribution < -0.4 is 4.74 Å². The largest absolute Gasteiger partial charge is 0.507 e. The maximum absolute atomic E-state index is 12.9. The van der Waals surface area contributed by atoms with Gasteiger partial charge in [-0.25, -0.2) is 5.01 Å². The number of phenols is 1.